The van der Waals surface area contributed by atoms with Crippen molar-refractivity contribution in [2.75, 3.05) is 33.0 Å². The molecule has 1 aromatic heterocycles. The van der Waals surface area contributed by atoms with Crippen LogP contribution < -0.4 is 10.4 Å². The molecule has 0 amide bonds. The summed E-state index contributed by atoms with van der Waals surface area (Å²) in [5, 5.41) is 8.36. The summed E-state index contributed by atoms with van der Waals surface area (Å²) in [6.45, 7) is 2.38. The van der Waals surface area contributed by atoms with E-state index in [2.05, 4.69) is 21.7 Å². The Bertz CT molecular complexity index is 969. The molecule has 1 N–H and O–H groups in total. The fourth-order valence-electron chi connectivity index (χ4n) is 3.34. The molecule has 1 fully saturated rings. The minimum absolute atomic E-state index is 0.0442. The van der Waals surface area contributed by atoms with Gasteiger partial charge in [-0.2, -0.15) is 4.98 Å². The van der Waals surface area contributed by atoms with Crippen LogP contribution in [-0.4, -0.2) is 53.9 Å². The average molecular weight is 384 g/mol. The first-order valence-corrected chi connectivity index (χ1v) is 9.07. The van der Waals surface area contributed by atoms with Gasteiger partial charge in [0, 0.05) is 23.7 Å². The molecule has 2 aliphatic heterocycles. The molecule has 28 heavy (non-hydrogen) atoms. The summed E-state index contributed by atoms with van der Waals surface area (Å²) >= 11 is 0. The Kier molecular flexibility index (Phi) is 5.69. The predicted octanol–water partition coefficient (Wildman–Crippen LogP) is 1.10. The van der Waals surface area contributed by atoms with E-state index in [4.69, 9.17) is 19.5 Å². The van der Waals surface area contributed by atoms with Gasteiger partial charge in [-0.3, -0.25) is 9.82 Å². The highest BCUT2D eigenvalue weighted by Crippen LogP contribution is 2.30. The molecule has 8 nitrogen and oxygen atoms in total. The summed E-state index contributed by atoms with van der Waals surface area (Å²) in [6, 6.07) is 7.58. The topological polar surface area (TPSA) is 92.0 Å². The Morgan fingerprint density at radius 1 is 1.32 bits per heavy atom. The van der Waals surface area contributed by atoms with Crippen molar-refractivity contribution in [2.24, 2.45) is 0 Å². The summed E-state index contributed by atoms with van der Waals surface area (Å²) in [5.41, 5.74) is 3.32. The lowest BCUT2D eigenvalue weighted by atomic mass is 9.95. The smallest absolute Gasteiger partial charge is 0.351 e. The molecule has 0 aliphatic carbocycles. The van der Waals surface area contributed by atoms with E-state index in [-0.39, 0.29) is 30.9 Å². The number of hydrogen-bond acceptors (Lipinski definition) is 7. The van der Waals surface area contributed by atoms with Gasteiger partial charge in [0.1, 0.15) is 19.3 Å². The number of hydrogen-bond donors (Lipinski definition) is 1. The molecule has 1 aromatic carbocycles. The fraction of sp³-hybridized carbons (Fsp3) is 0.400. The third-order valence-corrected chi connectivity index (χ3v) is 4.65. The molecular weight excluding hydrogens is 364 g/mol. The van der Waals surface area contributed by atoms with Crippen molar-refractivity contribution in [3.63, 3.8) is 0 Å². The van der Waals surface area contributed by atoms with Gasteiger partial charge in [0.25, 0.3) is 0 Å². The normalized spacial score (nSPS) is 17.8. The molecule has 2 aromatic rings. The molecule has 0 saturated carbocycles. The Labute approximate surface area is 161 Å². The molecule has 1 unspecified atom stereocenters. The Balaban J connectivity index is 1.58. The van der Waals surface area contributed by atoms with Crippen molar-refractivity contribution in [1.82, 2.24) is 9.55 Å². The van der Waals surface area contributed by atoms with Crippen LogP contribution >= 0.6 is 0 Å². The molecule has 2 aliphatic rings. The minimum Gasteiger partial charge on any atom is -0.475 e. The number of nitrogens with zero attached hydrogens (tertiary/aromatic N) is 2. The van der Waals surface area contributed by atoms with Crippen molar-refractivity contribution in [3.8, 4) is 29.0 Å². The van der Waals surface area contributed by atoms with Gasteiger partial charge in [0.2, 0.25) is 5.88 Å². The number of rotatable bonds is 4. The molecule has 0 radical (unpaired) electrons. The first-order valence-electron chi connectivity index (χ1n) is 9.07. The third kappa shape index (κ3) is 4.08. The molecule has 4 rings (SSSR count). The zero-order valence-electron chi connectivity index (χ0n) is 15.2. The summed E-state index contributed by atoms with van der Waals surface area (Å²) in [4.78, 5) is 20.4. The van der Waals surface area contributed by atoms with Crippen LogP contribution in [-0.2, 0) is 27.3 Å². The third-order valence-electron chi connectivity index (χ3n) is 4.65. The molecule has 0 spiro atoms. The molecular formula is C20H20N2O6. The van der Waals surface area contributed by atoms with Crippen molar-refractivity contribution in [1.29, 1.82) is 0 Å². The van der Waals surface area contributed by atoms with Crippen LogP contribution in [0.4, 0.5) is 0 Å². The van der Waals surface area contributed by atoms with E-state index >= 15 is 0 Å². The van der Waals surface area contributed by atoms with E-state index in [1.807, 2.05) is 18.2 Å². The van der Waals surface area contributed by atoms with Crippen LogP contribution in [0.25, 0.3) is 11.3 Å². The maximum Gasteiger partial charge on any atom is 0.351 e. The van der Waals surface area contributed by atoms with Crippen LogP contribution in [0.5, 0.6) is 5.88 Å². The van der Waals surface area contributed by atoms with Crippen LogP contribution in [0.15, 0.2) is 29.1 Å². The van der Waals surface area contributed by atoms with Crippen molar-refractivity contribution in [2.45, 2.75) is 19.1 Å². The van der Waals surface area contributed by atoms with Crippen LogP contribution in [0.1, 0.15) is 11.1 Å². The van der Waals surface area contributed by atoms with Gasteiger partial charge in [0.05, 0.1) is 25.5 Å². The zero-order chi connectivity index (χ0) is 19.3. The zero-order valence-corrected chi connectivity index (χ0v) is 15.2. The van der Waals surface area contributed by atoms with Crippen LogP contribution in [0, 0.1) is 11.8 Å². The first-order chi connectivity index (χ1) is 13.7. The van der Waals surface area contributed by atoms with E-state index in [1.54, 1.807) is 10.6 Å². The highest BCUT2D eigenvalue weighted by Gasteiger charge is 2.20. The van der Waals surface area contributed by atoms with E-state index in [0.717, 1.165) is 22.4 Å². The lowest BCUT2D eigenvalue weighted by Gasteiger charge is -2.24. The van der Waals surface area contributed by atoms with E-state index < -0.39 is 0 Å². The lowest BCUT2D eigenvalue weighted by Crippen LogP contribution is -2.34. The Morgan fingerprint density at radius 3 is 3.07 bits per heavy atom. The monoisotopic (exact) mass is 384 g/mol. The van der Waals surface area contributed by atoms with Gasteiger partial charge >= 0.3 is 5.69 Å². The molecule has 146 valence electrons. The van der Waals surface area contributed by atoms with Gasteiger partial charge in [0.15, 0.2) is 0 Å². The number of aromatic nitrogens is 2. The predicted molar refractivity (Wildman–Crippen MR) is 99.1 cm³/mol. The number of aryl methyl sites for hydroxylation is 1. The SMILES string of the molecule is O=c1nc(OCC2COCCO2)cc2n1CCc1cc(C#CCOO)ccc1-2. The molecule has 1 atom stereocenters. The number of benzene rings is 1. The molecule has 1 saturated heterocycles. The summed E-state index contributed by atoms with van der Waals surface area (Å²) in [6.07, 6.45) is 0.550. The number of ether oxygens (including phenoxy) is 3. The Morgan fingerprint density at radius 2 is 2.25 bits per heavy atom. The van der Waals surface area contributed by atoms with Crippen molar-refractivity contribution in [3.05, 3.63) is 45.9 Å². The minimum atomic E-state index is -0.331. The van der Waals surface area contributed by atoms with Crippen molar-refractivity contribution >= 4 is 0 Å². The second-order valence-electron chi connectivity index (χ2n) is 6.49. The first kappa shape index (κ1) is 18.7. The lowest BCUT2D eigenvalue weighted by molar-refractivity contribution is -0.229. The quantitative estimate of drug-likeness (QED) is 0.479. The summed E-state index contributed by atoms with van der Waals surface area (Å²) in [7, 11) is 0. The van der Waals surface area contributed by atoms with Gasteiger partial charge in [-0.25, -0.2) is 9.68 Å². The van der Waals surface area contributed by atoms with Crippen molar-refractivity contribution < 1.29 is 24.4 Å². The number of fused-ring (bicyclic) bond motifs is 3. The van der Waals surface area contributed by atoms with E-state index in [9.17, 15) is 4.79 Å². The highest BCUT2D eigenvalue weighted by molar-refractivity contribution is 5.67. The van der Waals surface area contributed by atoms with Crippen LogP contribution in [0.3, 0.4) is 0 Å². The molecule has 0 bridgehead atoms. The average Bonchev–Trinajstić information content (AvgIpc) is 2.73. The largest absolute Gasteiger partial charge is 0.475 e. The van der Waals surface area contributed by atoms with E-state index in [0.29, 0.717) is 32.8 Å². The summed E-state index contributed by atoms with van der Waals surface area (Å²) < 4.78 is 18.3. The second-order valence-corrected chi connectivity index (χ2v) is 6.49. The molecule has 3 heterocycles. The summed E-state index contributed by atoms with van der Waals surface area (Å²) in [5.74, 6) is 5.93. The maximum absolute atomic E-state index is 12.4. The standard InChI is InChI=1S/C20H20N2O6/c23-20-21-19(27-13-16-12-25-8-9-26-16)11-18-17-4-3-14(2-1-7-28-24)10-15(17)5-6-22(18)20/h3-4,10-11,16,24H,5-9,12-13H2. The van der Waals surface area contributed by atoms with Gasteiger partial charge in [-0.15, -0.1) is 0 Å². The second kappa shape index (κ2) is 8.54. The van der Waals surface area contributed by atoms with E-state index in [1.165, 1.54) is 0 Å². The van der Waals surface area contributed by atoms with Gasteiger partial charge in [-0.05, 0) is 24.1 Å². The highest BCUT2D eigenvalue weighted by atomic mass is 17.1. The Hall–Kier alpha value is -2.70. The maximum atomic E-state index is 12.4. The fourth-order valence-corrected chi connectivity index (χ4v) is 3.34. The molecule has 8 heteroatoms. The van der Waals surface area contributed by atoms with Crippen LogP contribution in [0.2, 0.25) is 0 Å². The van der Waals surface area contributed by atoms with Gasteiger partial charge in [-0.1, -0.05) is 17.9 Å². The van der Waals surface area contributed by atoms with Gasteiger partial charge < -0.3 is 14.2 Å².